The minimum atomic E-state index is 0.332. The lowest BCUT2D eigenvalue weighted by Gasteiger charge is -2.11. The largest absolute Gasteiger partial charge is 0.370 e. The van der Waals surface area contributed by atoms with E-state index in [1.165, 1.54) is 0 Å². The Morgan fingerprint density at radius 1 is 1.38 bits per heavy atom. The molecule has 3 rings (SSSR count). The van der Waals surface area contributed by atoms with E-state index in [0.717, 1.165) is 40.7 Å². The molecule has 0 amide bonds. The minimum absolute atomic E-state index is 0.332. The number of allylic oxidation sites excluding steroid dienone is 2. The highest BCUT2D eigenvalue weighted by molar-refractivity contribution is 5.87. The maximum atomic E-state index is 9.29. The molecule has 0 radical (unpaired) electrons. The average Bonchev–Trinajstić information content (AvgIpc) is 3.12. The van der Waals surface area contributed by atoms with Gasteiger partial charge in [-0.05, 0) is 27.7 Å². The van der Waals surface area contributed by atoms with Gasteiger partial charge in [-0.2, -0.15) is 10.4 Å². The van der Waals surface area contributed by atoms with Gasteiger partial charge in [-0.25, -0.2) is 9.97 Å². The first kappa shape index (κ1) is 16.2. The summed E-state index contributed by atoms with van der Waals surface area (Å²) >= 11 is 0. The highest BCUT2D eigenvalue weighted by Gasteiger charge is 2.22. The van der Waals surface area contributed by atoms with Gasteiger partial charge in [0.15, 0.2) is 0 Å². The third kappa shape index (κ3) is 2.90. The fraction of sp³-hybridized carbons (Fsp3) is 0.444. The van der Waals surface area contributed by atoms with Crippen molar-refractivity contribution in [1.29, 1.82) is 5.26 Å². The van der Waals surface area contributed by atoms with Gasteiger partial charge in [0.25, 0.3) is 0 Å². The summed E-state index contributed by atoms with van der Waals surface area (Å²) in [6, 6.07) is 2.57. The molecule has 1 aliphatic rings. The Morgan fingerprint density at radius 2 is 2.17 bits per heavy atom. The van der Waals surface area contributed by atoms with Crippen LogP contribution in [-0.4, -0.2) is 26.3 Å². The van der Waals surface area contributed by atoms with Gasteiger partial charge in [0.2, 0.25) is 0 Å². The number of nitrogens with zero attached hydrogens (tertiary/aromatic N) is 5. The van der Waals surface area contributed by atoms with Crippen molar-refractivity contribution >= 4 is 11.4 Å². The van der Waals surface area contributed by atoms with Crippen molar-refractivity contribution in [2.75, 3.05) is 11.9 Å². The molecular weight excluding hydrogens is 300 g/mol. The molecule has 0 fully saturated rings. The lowest BCUT2D eigenvalue weighted by atomic mass is 10.1. The molecule has 0 saturated heterocycles. The molecule has 1 N–H and O–H groups in total. The Labute approximate surface area is 142 Å². The van der Waals surface area contributed by atoms with Gasteiger partial charge in [-0.15, -0.1) is 0 Å². The Hall–Kier alpha value is -2.68. The van der Waals surface area contributed by atoms with E-state index in [4.69, 9.17) is 4.98 Å². The van der Waals surface area contributed by atoms with Gasteiger partial charge in [-0.3, -0.25) is 4.68 Å². The fourth-order valence-corrected chi connectivity index (χ4v) is 2.89. The summed E-state index contributed by atoms with van der Waals surface area (Å²) in [6.45, 7) is 9.02. The van der Waals surface area contributed by atoms with E-state index in [-0.39, 0.29) is 0 Å². The van der Waals surface area contributed by atoms with E-state index in [0.29, 0.717) is 24.5 Å². The van der Waals surface area contributed by atoms with Gasteiger partial charge in [0.05, 0.1) is 28.6 Å². The van der Waals surface area contributed by atoms with Crippen molar-refractivity contribution in [3.8, 4) is 6.07 Å². The van der Waals surface area contributed by atoms with E-state index in [1.54, 1.807) is 0 Å². The zero-order valence-corrected chi connectivity index (χ0v) is 14.6. The van der Waals surface area contributed by atoms with Gasteiger partial charge in [-0.1, -0.05) is 6.08 Å². The number of fused-ring (bicyclic) bond motifs is 1. The van der Waals surface area contributed by atoms with Crippen LogP contribution in [0.3, 0.4) is 0 Å². The molecule has 2 aromatic heterocycles. The molecule has 0 aliphatic heterocycles. The van der Waals surface area contributed by atoms with Crippen LogP contribution in [0.5, 0.6) is 0 Å². The minimum Gasteiger partial charge on any atom is -0.370 e. The van der Waals surface area contributed by atoms with Crippen LogP contribution in [0, 0.1) is 18.3 Å². The Balaban J connectivity index is 1.96. The van der Waals surface area contributed by atoms with Gasteiger partial charge < -0.3 is 5.32 Å². The SMILES string of the molecule is CCNc1nc(Cc2cn(C(C)C)nc2C)nc2c1C(C#N)=CC2. The Bertz CT molecular complexity index is 838. The second kappa shape index (κ2) is 6.44. The van der Waals surface area contributed by atoms with E-state index in [1.807, 2.05) is 24.6 Å². The van der Waals surface area contributed by atoms with E-state index >= 15 is 0 Å². The van der Waals surface area contributed by atoms with E-state index < -0.39 is 0 Å². The predicted molar refractivity (Wildman–Crippen MR) is 93.6 cm³/mol. The molecule has 0 spiro atoms. The van der Waals surface area contributed by atoms with Gasteiger partial charge in [0.1, 0.15) is 11.6 Å². The van der Waals surface area contributed by atoms with E-state index in [2.05, 4.69) is 41.5 Å². The fourth-order valence-electron chi connectivity index (χ4n) is 2.89. The van der Waals surface area contributed by atoms with Crippen molar-refractivity contribution in [1.82, 2.24) is 19.7 Å². The van der Waals surface area contributed by atoms with Crippen molar-refractivity contribution in [3.05, 3.63) is 40.6 Å². The smallest absolute Gasteiger partial charge is 0.138 e. The van der Waals surface area contributed by atoms with Crippen LogP contribution in [0.2, 0.25) is 0 Å². The lowest BCUT2D eigenvalue weighted by Crippen LogP contribution is -2.09. The molecule has 2 aromatic rings. The summed E-state index contributed by atoms with van der Waals surface area (Å²) in [5.74, 6) is 1.53. The summed E-state index contributed by atoms with van der Waals surface area (Å²) in [7, 11) is 0. The predicted octanol–water partition coefficient (Wildman–Crippen LogP) is 3.05. The van der Waals surface area contributed by atoms with E-state index in [9.17, 15) is 5.26 Å². The number of aromatic nitrogens is 4. The molecule has 0 unspecified atom stereocenters. The zero-order valence-electron chi connectivity index (χ0n) is 14.6. The summed E-state index contributed by atoms with van der Waals surface area (Å²) < 4.78 is 1.97. The van der Waals surface area contributed by atoms with Gasteiger partial charge >= 0.3 is 0 Å². The standard InChI is InChI=1S/C18H22N6/c1-5-20-18-17-13(9-19)6-7-15(17)21-16(22-18)8-14-10-24(11(2)3)23-12(14)4/h6,10-11H,5,7-8H2,1-4H3,(H,20,21,22). The first-order chi connectivity index (χ1) is 11.5. The summed E-state index contributed by atoms with van der Waals surface area (Å²) in [5, 5.41) is 17.1. The highest BCUT2D eigenvalue weighted by atomic mass is 15.3. The summed E-state index contributed by atoms with van der Waals surface area (Å²) in [5.41, 5.74) is 4.60. The molecular formula is C18H22N6. The molecule has 1 aliphatic carbocycles. The molecule has 0 bridgehead atoms. The van der Waals surface area contributed by atoms with Crippen molar-refractivity contribution < 1.29 is 0 Å². The molecule has 6 heteroatoms. The number of anilines is 1. The van der Waals surface area contributed by atoms with Crippen molar-refractivity contribution in [3.63, 3.8) is 0 Å². The van der Waals surface area contributed by atoms with Gasteiger partial charge in [0, 0.05) is 37.2 Å². The molecule has 6 nitrogen and oxygen atoms in total. The van der Waals surface area contributed by atoms with Crippen LogP contribution in [0.1, 0.15) is 55.2 Å². The summed E-state index contributed by atoms with van der Waals surface area (Å²) in [4.78, 5) is 9.37. The number of aryl methyl sites for hydroxylation is 1. The maximum Gasteiger partial charge on any atom is 0.138 e. The number of hydrogen-bond donors (Lipinski definition) is 1. The molecule has 0 atom stereocenters. The normalized spacial score (nSPS) is 12.9. The maximum absolute atomic E-state index is 9.29. The van der Waals surface area contributed by atoms with Crippen LogP contribution in [0.15, 0.2) is 12.3 Å². The van der Waals surface area contributed by atoms with Crippen LogP contribution < -0.4 is 5.32 Å². The average molecular weight is 322 g/mol. The molecule has 0 aromatic carbocycles. The van der Waals surface area contributed by atoms with Crippen LogP contribution in [0.4, 0.5) is 5.82 Å². The third-order valence-corrected chi connectivity index (χ3v) is 4.16. The molecule has 24 heavy (non-hydrogen) atoms. The zero-order chi connectivity index (χ0) is 17.3. The monoisotopic (exact) mass is 322 g/mol. The lowest BCUT2D eigenvalue weighted by molar-refractivity contribution is 0.529. The van der Waals surface area contributed by atoms with Crippen LogP contribution in [-0.2, 0) is 12.8 Å². The third-order valence-electron chi connectivity index (χ3n) is 4.16. The topological polar surface area (TPSA) is 79.4 Å². The van der Waals surface area contributed by atoms with Crippen LogP contribution in [0.25, 0.3) is 5.57 Å². The molecule has 124 valence electrons. The van der Waals surface area contributed by atoms with Crippen LogP contribution >= 0.6 is 0 Å². The second-order valence-corrected chi connectivity index (χ2v) is 6.26. The Kier molecular flexibility index (Phi) is 4.34. The van der Waals surface area contributed by atoms with Crippen molar-refractivity contribution in [2.45, 2.75) is 46.6 Å². The number of rotatable bonds is 5. The molecule has 2 heterocycles. The first-order valence-electron chi connectivity index (χ1n) is 8.32. The summed E-state index contributed by atoms with van der Waals surface area (Å²) in [6.07, 6.45) is 5.33. The quantitative estimate of drug-likeness (QED) is 0.915. The Morgan fingerprint density at radius 3 is 2.79 bits per heavy atom. The number of hydrogen-bond acceptors (Lipinski definition) is 5. The molecule has 0 saturated carbocycles. The second-order valence-electron chi connectivity index (χ2n) is 6.26. The van der Waals surface area contributed by atoms with Crippen molar-refractivity contribution in [2.24, 2.45) is 0 Å². The highest BCUT2D eigenvalue weighted by Crippen LogP contribution is 2.31. The number of nitrogens with one attached hydrogen (secondary N) is 1. The first-order valence-corrected chi connectivity index (χ1v) is 8.32. The number of nitriles is 1.